The second-order valence-electron chi connectivity index (χ2n) is 5.70. The standard InChI is InChI=1S/C17H24O3/c1-5-7-9-15(18)10-8-12-17(11-6-2)13-19-16(3,4)20-14-17/h5-6H,1-2,7,9,11-14H2,3-4H3. The summed E-state index contributed by atoms with van der Waals surface area (Å²) in [6.45, 7) is 12.3. The van der Waals surface area contributed by atoms with Crippen LogP contribution in [0.4, 0.5) is 0 Å². The first-order valence-electron chi connectivity index (χ1n) is 6.94. The summed E-state index contributed by atoms with van der Waals surface area (Å²) >= 11 is 0. The Bertz CT molecular complexity index is 413. The largest absolute Gasteiger partial charge is 0.350 e. The van der Waals surface area contributed by atoms with E-state index in [0.29, 0.717) is 32.5 Å². The van der Waals surface area contributed by atoms with Crippen molar-refractivity contribution in [1.29, 1.82) is 0 Å². The molecule has 0 bridgehead atoms. The van der Waals surface area contributed by atoms with Crippen molar-refractivity contribution in [2.24, 2.45) is 5.41 Å². The highest BCUT2D eigenvalue weighted by atomic mass is 16.7. The molecular formula is C17H24O3. The van der Waals surface area contributed by atoms with Crippen molar-refractivity contribution in [2.45, 2.75) is 45.3 Å². The molecule has 1 rings (SSSR count). The van der Waals surface area contributed by atoms with Gasteiger partial charge in [0, 0.05) is 18.3 Å². The van der Waals surface area contributed by atoms with Gasteiger partial charge in [-0.25, -0.2) is 0 Å². The fourth-order valence-electron chi connectivity index (χ4n) is 1.96. The quantitative estimate of drug-likeness (QED) is 0.424. The number of allylic oxidation sites excluding steroid dienone is 2. The summed E-state index contributed by atoms with van der Waals surface area (Å²) in [5, 5.41) is 0. The molecule has 0 aromatic rings. The molecule has 1 aliphatic heterocycles. The number of hydrogen-bond acceptors (Lipinski definition) is 3. The zero-order valence-electron chi connectivity index (χ0n) is 12.5. The van der Waals surface area contributed by atoms with Crippen LogP contribution in [0.1, 0.15) is 39.5 Å². The predicted octanol–water partition coefficient (Wildman–Crippen LogP) is 3.26. The maximum atomic E-state index is 11.5. The second kappa shape index (κ2) is 7.42. The Labute approximate surface area is 122 Å². The molecule has 110 valence electrons. The Hall–Kier alpha value is -1.37. The fraction of sp³-hybridized carbons (Fsp3) is 0.588. The van der Waals surface area contributed by atoms with E-state index in [0.717, 1.165) is 6.42 Å². The van der Waals surface area contributed by atoms with Crippen molar-refractivity contribution in [3.05, 3.63) is 25.3 Å². The lowest BCUT2D eigenvalue weighted by molar-refractivity contribution is -0.284. The Kier molecular flexibility index (Phi) is 6.19. The Morgan fingerprint density at radius 3 is 2.45 bits per heavy atom. The molecule has 20 heavy (non-hydrogen) atoms. The summed E-state index contributed by atoms with van der Waals surface area (Å²) in [6, 6.07) is 0. The molecule has 0 atom stereocenters. The first-order valence-corrected chi connectivity index (χ1v) is 6.94. The van der Waals surface area contributed by atoms with Crippen molar-refractivity contribution in [3.8, 4) is 11.8 Å². The summed E-state index contributed by atoms with van der Waals surface area (Å²) in [4.78, 5) is 11.5. The van der Waals surface area contributed by atoms with Crippen molar-refractivity contribution < 1.29 is 14.3 Å². The van der Waals surface area contributed by atoms with E-state index in [9.17, 15) is 4.79 Å². The average molecular weight is 276 g/mol. The molecular weight excluding hydrogens is 252 g/mol. The highest BCUT2D eigenvalue weighted by Crippen LogP contribution is 2.35. The Balaban J connectivity index is 2.60. The SMILES string of the molecule is C=CCCC(=O)C#CCC1(CC=C)COC(C)(C)OC1. The minimum atomic E-state index is -0.544. The third-order valence-electron chi connectivity index (χ3n) is 3.30. The lowest BCUT2D eigenvalue weighted by atomic mass is 9.82. The number of carbonyl (C=O) groups excluding carboxylic acids is 1. The molecule has 0 amide bonds. The lowest BCUT2D eigenvalue weighted by Crippen LogP contribution is -2.46. The molecule has 1 aliphatic rings. The molecule has 0 saturated carbocycles. The van der Waals surface area contributed by atoms with Crippen LogP contribution in [-0.2, 0) is 14.3 Å². The van der Waals surface area contributed by atoms with Gasteiger partial charge in [0.05, 0.1) is 13.2 Å². The number of rotatable bonds is 6. The van der Waals surface area contributed by atoms with Crippen molar-refractivity contribution in [2.75, 3.05) is 13.2 Å². The van der Waals surface area contributed by atoms with E-state index >= 15 is 0 Å². The molecule has 0 aliphatic carbocycles. The van der Waals surface area contributed by atoms with Crippen molar-refractivity contribution in [3.63, 3.8) is 0 Å². The third kappa shape index (κ3) is 5.32. The highest BCUT2D eigenvalue weighted by Gasteiger charge is 2.38. The van der Waals surface area contributed by atoms with Gasteiger partial charge in [0.15, 0.2) is 5.79 Å². The Morgan fingerprint density at radius 2 is 1.90 bits per heavy atom. The topological polar surface area (TPSA) is 35.5 Å². The summed E-state index contributed by atoms with van der Waals surface area (Å²) < 4.78 is 11.4. The lowest BCUT2D eigenvalue weighted by Gasteiger charge is -2.42. The van der Waals surface area contributed by atoms with Gasteiger partial charge in [-0.3, -0.25) is 4.79 Å². The van der Waals surface area contributed by atoms with Gasteiger partial charge in [-0.2, -0.15) is 0 Å². The molecule has 0 aromatic carbocycles. The van der Waals surface area contributed by atoms with Gasteiger partial charge in [0.2, 0.25) is 5.78 Å². The third-order valence-corrected chi connectivity index (χ3v) is 3.30. The van der Waals surface area contributed by atoms with E-state index in [1.165, 1.54) is 0 Å². The molecule has 1 fully saturated rings. The maximum absolute atomic E-state index is 11.5. The van der Waals surface area contributed by atoms with Crippen molar-refractivity contribution >= 4 is 5.78 Å². The second-order valence-corrected chi connectivity index (χ2v) is 5.70. The molecule has 0 spiro atoms. The van der Waals surface area contributed by atoms with Gasteiger partial charge >= 0.3 is 0 Å². The van der Waals surface area contributed by atoms with E-state index in [1.54, 1.807) is 6.08 Å². The van der Waals surface area contributed by atoms with Crippen LogP contribution < -0.4 is 0 Å². The van der Waals surface area contributed by atoms with Gasteiger partial charge in [-0.05, 0) is 32.6 Å². The molecule has 0 aromatic heterocycles. The molecule has 1 heterocycles. The molecule has 1 saturated heterocycles. The number of ether oxygens (including phenoxy) is 2. The molecule has 3 heteroatoms. The average Bonchev–Trinajstić information content (AvgIpc) is 2.40. The van der Waals surface area contributed by atoms with Crippen LogP contribution in [0, 0.1) is 17.3 Å². The van der Waals surface area contributed by atoms with Gasteiger partial charge in [-0.1, -0.05) is 18.1 Å². The molecule has 3 nitrogen and oxygen atoms in total. The highest BCUT2D eigenvalue weighted by molar-refractivity contribution is 5.95. The number of hydrogen-bond donors (Lipinski definition) is 0. The fourth-order valence-corrected chi connectivity index (χ4v) is 1.96. The first kappa shape index (κ1) is 16.7. The van der Waals surface area contributed by atoms with Gasteiger partial charge in [0.1, 0.15) is 0 Å². The van der Waals surface area contributed by atoms with E-state index < -0.39 is 5.79 Å². The normalized spacial score (nSPS) is 19.5. The van der Waals surface area contributed by atoms with Crippen LogP contribution in [0.25, 0.3) is 0 Å². The van der Waals surface area contributed by atoms with Crippen LogP contribution in [0.3, 0.4) is 0 Å². The molecule has 0 N–H and O–H groups in total. The summed E-state index contributed by atoms with van der Waals surface area (Å²) in [5.41, 5.74) is -0.191. The summed E-state index contributed by atoms with van der Waals surface area (Å²) in [5.74, 6) is 5.07. The minimum absolute atomic E-state index is 0.0448. The number of carbonyl (C=O) groups is 1. The molecule has 0 radical (unpaired) electrons. The van der Waals surface area contributed by atoms with Gasteiger partial charge in [0.25, 0.3) is 0 Å². The number of ketones is 1. The smallest absolute Gasteiger partial charge is 0.205 e. The van der Waals surface area contributed by atoms with Gasteiger partial charge in [-0.15, -0.1) is 13.2 Å². The minimum Gasteiger partial charge on any atom is -0.350 e. The monoisotopic (exact) mass is 276 g/mol. The van der Waals surface area contributed by atoms with Crippen LogP contribution in [0.2, 0.25) is 0 Å². The van der Waals surface area contributed by atoms with Gasteiger partial charge < -0.3 is 9.47 Å². The van der Waals surface area contributed by atoms with E-state index in [1.807, 2.05) is 19.9 Å². The maximum Gasteiger partial charge on any atom is 0.205 e. The molecule has 0 unspecified atom stereocenters. The number of Topliss-reactive ketones (excluding diaryl/α,β-unsaturated/α-hetero) is 1. The predicted molar refractivity (Wildman–Crippen MR) is 80.1 cm³/mol. The van der Waals surface area contributed by atoms with E-state index in [4.69, 9.17) is 9.47 Å². The van der Waals surface area contributed by atoms with E-state index in [2.05, 4.69) is 25.0 Å². The first-order chi connectivity index (χ1) is 9.43. The zero-order valence-corrected chi connectivity index (χ0v) is 12.5. The van der Waals surface area contributed by atoms with Crippen LogP contribution >= 0.6 is 0 Å². The van der Waals surface area contributed by atoms with Crippen LogP contribution in [-0.4, -0.2) is 24.8 Å². The Morgan fingerprint density at radius 1 is 1.25 bits per heavy atom. The van der Waals surface area contributed by atoms with Crippen LogP contribution in [0.5, 0.6) is 0 Å². The van der Waals surface area contributed by atoms with Crippen molar-refractivity contribution in [1.82, 2.24) is 0 Å². The summed E-state index contributed by atoms with van der Waals surface area (Å²) in [6.07, 6.45) is 6.03. The zero-order chi connectivity index (χ0) is 15.1. The van der Waals surface area contributed by atoms with Crippen LogP contribution in [0.15, 0.2) is 25.3 Å². The van der Waals surface area contributed by atoms with E-state index in [-0.39, 0.29) is 11.2 Å². The summed E-state index contributed by atoms with van der Waals surface area (Å²) in [7, 11) is 0.